The fourth-order valence-corrected chi connectivity index (χ4v) is 2.33. The topological polar surface area (TPSA) is 71.2 Å². The van der Waals surface area contributed by atoms with Crippen LogP contribution in [0.2, 0.25) is 0 Å². The van der Waals surface area contributed by atoms with E-state index in [1.165, 1.54) is 0 Å². The highest BCUT2D eigenvalue weighted by molar-refractivity contribution is 5.69. The monoisotopic (exact) mass is 290 g/mol. The summed E-state index contributed by atoms with van der Waals surface area (Å²) in [6.07, 6.45) is -0.361. The summed E-state index contributed by atoms with van der Waals surface area (Å²) in [7, 11) is 0. The van der Waals surface area contributed by atoms with Crippen LogP contribution in [0.4, 0.5) is 4.79 Å². The lowest BCUT2D eigenvalue weighted by molar-refractivity contribution is 0.0239. The van der Waals surface area contributed by atoms with E-state index < -0.39 is 5.60 Å². The van der Waals surface area contributed by atoms with Gasteiger partial charge < -0.3 is 4.74 Å². The first kappa shape index (κ1) is 15.4. The van der Waals surface area contributed by atoms with Gasteiger partial charge in [-0.05, 0) is 26.7 Å². The highest BCUT2D eigenvalue weighted by atomic mass is 16.6. The third-order valence-electron chi connectivity index (χ3n) is 3.12. The molecule has 0 unspecified atom stereocenters. The average Bonchev–Trinajstić information content (AvgIpc) is 2.82. The van der Waals surface area contributed by atoms with Crippen LogP contribution in [0.3, 0.4) is 0 Å². The van der Waals surface area contributed by atoms with Gasteiger partial charge in [0, 0.05) is 12.1 Å². The minimum atomic E-state index is -0.521. The van der Waals surface area contributed by atoms with Gasteiger partial charge in [0.05, 0.1) is 18.8 Å². The predicted octanol–water partition coefficient (Wildman–Crippen LogP) is 2.66. The number of amides is 1. The molecule has 2 heterocycles. The molecule has 1 amide bonds. The summed E-state index contributed by atoms with van der Waals surface area (Å²) in [4.78, 5) is 13.7. The lowest BCUT2D eigenvalue weighted by atomic mass is 10.2. The predicted molar refractivity (Wildman–Crippen MR) is 77.3 cm³/mol. The van der Waals surface area contributed by atoms with Gasteiger partial charge in [0.2, 0.25) is 0 Å². The zero-order chi connectivity index (χ0) is 15.8. The molecule has 6 nitrogen and oxygen atoms in total. The van der Waals surface area contributed by atoms with Crippen molar-refractivity contribution in [1.29, 1.82) is 5.26 Å². The van der Waals surface area contributed by atoms with Gasteiger partial charge in [0.25, 0.3) is 0 Å². The first-order valence-electron chi connectivity index (χ1n) is 7.18. The lowest BCUT2D eigenvalue weighted by Gasteiger charge is -2.24. The minimum Gasteiger partial charge on any atom is -0.444 e. The normalized spacial score (nSPS) is 14.2. The number of rotatable bonds is 2. The largest absolute Gasteiger partial charge is 0.444 e. The molecule has 0 aromatic carbocycles. The summed E-state index contributed by atoms with van der Waals surface area (Å²) < 4.78 is 7.11. The van der Waals surface area contributed by atoms with Crippen molar-refractivity contribution in [3.63, 3.8) is 0 Å². The summed E-state index contributed by atoms with van der Waals surface area (Å²) in [6.45, 7) is 11.2. The van der Waals surface area contributed by atoms with E-state index in [1.807, 2.05) is 20.8 Å². The first-order valence-corrected chi connectivity index (χ1v) is 7.18. The maximum Gasteiger partial charge on any atom is 0.410 e. The van der Waals surface area contributed by atoms with Crippen LogP contribution >= 0.6 is 0 Å². The molecule has 1 aliphatic heterocycles. The second kappa shape index (κ2) is 5.40. The van der Waals surface area contributed by atoms with Crippen molar-refractivity contribution in [2.75, 3.05) is 0 Å². The zero-order valence-corrected chi connectivity index (χ0v) is 13.3. The fraction of sp³-hybridized carbons (Fsp3) is 0.667. The van der Waals surface area contributed by atoms with Gasteiger partial charge in [-0.25, -0.2) is 4.79 Å². The van der Waals surface area contributed by atoms with Crippen LogP contribution in [0.1, 0.15) is 51.6 Å². The molecule has 114 valence electrons. The summed E-state index contributed by atoms with van der Waals surface area (Å²) >= 11 is 0. The standard InChI is InChI=1S/C15H22N4O2/c1-10(2)7-19-13(6-16)11-8-18(9-12(11)17-19)14(20)21-15(3,4)5/h10H,7-9H2,1-5H3. The van der Waals surface area contributed by atoms with Gasteiger partial charge in [-0.15, -0.1) is 0 Å². The summed E-state index contributed by atoms with van der Waals surface area (Å²) in [5.41, 5.74) is 1.69. The van der Waals surface area contributed by atoms with Crippen molar-refractivity contribution in [3.8, 4) is 6.07 Å². The van der Waals surface area contributed by atoms with E-state index in [0.29, 0.717) is 31.2 Å². The van der Waals surface area contributed by atoms with E-state index in [2.05, 4.69) is 25.0 Å². The smallest absolute Gasteiger partial charge is 0.410 e. The van der Waals surface area contributed by atoms with Gasteiger partial charge in [-0.1, -0.05) is 13.8 Å². The molecular weight excluding hydrogens is 268 g/mol. The molecule has 0 radical (unpaired) electrons. The molecule has 1 aromatic heterocycles. The summed E-state index contributed by atoms with van der Waals surface area (Å²) in [5.74, 6) is 0.416. The van der Waals surface area contributed by atoms with E-state index in [-0.39, 0.29) is 6.09 Å². The molecule has 21 heavy (non-hydrogen) atoms. The van der Waals surface area contributed by atoms with Crippen molar-refractivity contribution in [2.45, 2.75) is 59.9 Å². The van der Waals surface area contributed by atoms with E-state index in [0.717, 1.165) is 11.3 Å². The van der Waals surface area contributed by atoms with Crippen LogP contribution in [0.25, 0.3) is 0 Å². The number of hydrogen-bond acceptors (Lipinski definition) is 4. The molecule has 1 aromatic rings. The zero-order valence-electron chi connectivity index (χ0n) is 13.3. The number of hydrogen-bond donors (Lipinski definition) is 0. The molecule has 0 aliphatic carbocycles. The van der Waals surface area contributed by atoms with Crippen molar-refractivity contribution < 1.29 is 9.53 Å². The molecule has 6 heteroatoms. The Morgan fingerprint density at radius 3 is 2.62 bits per heavy atom. The van der Waals surface area contributed by atoms with Gasteiger partial charge >= 0.3 is 6.09 Å². The van der Waals surface area contributed by atoms with Gasteiger partial charge in [0.15, 0.2) is 0 Å². The van der Waals surface area contributed by atoms with Crippen LogP contribution in [0.5, 0.6) is 0 Å². The van der Waals surface area contributed by atoms with Crippen molar-refractivity contribution >= 4 is 6.09 Å². The quantitative estimate of drug-likeness (QED) is 0.839. The van der Waals surface area contributed by atoms with Crippen LogP contribution in [-0.2, 0) is 24.4 Å². The van der Waals surface area contributed by atoms with Gasteiger partial charge in [0.1, 0.15) is 17.4 Å². The third kappa shape index (κ3) is 3.35. The average molecular weight is 290 g/mol. The maximum atomic E-state index is 12.1. The maximum absolute atomic E-state index is 12.1. The van der Waals surface area contributed by atoms with Crippen molar-refractivity contribution in [3.05, 3.63) is 17.0 Å². The molecule has 0 fully saturated rings. The fourth-order valence-electron chi connectivity index (χ4n) is 2.33. The molecule has 0 N–H and O–H groups in total. The lowest BCUT2D eigenvalue weighted by Crippen LogP contribution is -2.33. The van der Waals surface area contributed by atoms with E-state index in [4.69, 9.17) is 4.74 Å². The van der Waals surface area contributed by atoms with Crippen LogP contribution in [-0.4, -0.2) is 26.4 Å². The molecule has 0 atom stereocenters. The Bertz CT molecular complexity index is 590. The minimum absolute atomic E-state index is 0.361. The Hall–Kier alpha value is -2.03. The number of carbonyl (C=O) groups excluding carboxylic acids is 1. The summed E-state index contributed by atoms with van der Waals surface area (Å²) in [6, 6.07) is 2.21. The van der Waals surface area contributed by atoms with Gasteiger partial charge in [-0.2, -0.15) is 10.4 Å². The van der Waals surface area contributed by atoms with E-state index >= 15 is 0 Å². The second-order valence-corrected chi connectivity index (χ2v) is 6.80. The Kier molecular flexibility index (Phi) is 3.95. The first-order chi connectivity index (χ1) is 9.71. The Morgan fingerprint density at radius 1 is 1.43 bits per heavy atom. The highest BCUT2D eigenvalue weighted by Gasteiger charge is 2.32. The van der Waals surface area contributed by atoms with E-state index in [9.17, 15) is 10.1 Å². The second-order valence-electron chi connectivity index (χ2n) is 6.80. The molecule has 0 saturated heterocycles. The van der Waals surface area contributed by atoms with Crippen LogP contribution < -0.4 is 0 Å². The molecular formula is C15H22N4O2. The van der Waals surface area contributed by atoms with Crippen molar-refractivity contribution in [2.24, 2.45) is 5.92 Å². The number of nitriles is 1. The number of fused-ring (bicyclic) bond motifs is 1. The third-order valence-corrected chi connectivity index (χ3v) is 3.12. The van der Waals surface area contributed by atoms with Crippen LogP contribution in [0, 0.1) is 17.2 Å². The molecule has 0 bridgehead atoms. The van der Waals surface area contributed by atoms with Crippen molar-refractivity contribution in [1.82, 2.24) is 14.7 Å². The number of nitrogens with zero attached hydrogens (tertiary/aromatic N) is 4. The number of aromatic nitrogens is 2. The van der Waals surface area contributed by atoms with Gasteiger partial charge in [-0.3, -0.25) is 9.58 Å². The molecule has 0 saturated carbocycles. The molecule has 2 rings (SSSR count). The Morgan fingerprint density at radius 2 is 2.10 bits per heavy atom. The Balaban J connectivity index is 2.16. The number of carbonyl (C=O) groups is 1. The van der Waals surface area contributed by atoms with Crippen LogP contribution in [0.15, 0.2) is 0 Å². The molecule has 1 aliphatic rings. The number of ether oxygens (including phenoxy) is 1. The van der Waals surface area contributed by atoms with E-state index in [1.54, 1.807) is 9.58 Å². The summed E-state index contributed by atoms with van der Waals surface area (Å²) in [5, 5.41) is 13.8. The highest BCUT2D eigenvalue weighted by Crippen LogP contribution is 2.27. The Labute approximate surface area is 125 Å². The SMILES string of the molecule is CC(C)Cn1nc2c(c1C#N)CN(C(=O)OC(C)(C)C)C2. The molecule has 0 spiro atoms.